The summed E-state index contributed by atoms with van der Waals surface area (Å²) in [5.74, 6) is -1.63. The van der Waals surface area contributed by atoms with Crippen LogP contribution in [0.15, 0.2) is 84.4 Å². The van der Waals surface area contributed by atoms with Gasteiger partial charge in [-0.15, -0.1) is 0 Å². The van der Waals surface area contributed by atoms with Crippen LogP contribution in [0.2, 0.25) is 0 Å². The van der Waals surface area contributed by atoms with Gasteiger partial charge < -0.3 is 19.5 Å². The number of ketones is 1. The first-order valence-corrected chi connectivity index (χ1v) is 12.7. The van der Waals surface area contributed by atoms with Gasteiger partial charge in [0, 0.05) is 12.1 Å². The predicted molar refractivity (Wildman–Crippen MR) is 144 cm³/mol. The number of nitrogens with zero attached hydrogens (tertiary/aromatic N) is 1. The zero-order chi connectivity index (χ0) is 27.1. The summed E-state index contributed by atoms with van der Waals surface area (Å²) >= 11 is 0. The molecule has 7 nitrogen and oxygen atoms in total. The number of Topliss-reactive ketones (excluding diaryl/α,β-unsaturated/α-hetero) is 1. The lowest BCUT2D eigenvalue weighted by Gasteiger charge is -2.25. The molecule has 4 rings (SSSR count). The SMILES string of the molecule is CCCCOc1cccc(C(O)=C2C(=O)C(=O)N(CCc3ccccc3)C2c2ccc(C(=O)OC)cc2)c1. The van der Waals surface area contributed by atoms with Gasteiger partial charge in [0.25, 0.3) is 11.7 Å². The summed E-state index contributed by atoms with van der Waals surface area (Å²) in [5.41, 5.74) is 2.35. The van der Waals surface area contributed by atoms with Crippen LogP contribution in [0.1, 0.15) is 52.9 Å². The van der Waals surface area contributed by atoms with E-state index in [-0.39, 0.29) is 17.9 Å². The fraction of sp³-hybridized carbons (Fsp3) is 0.258. The number of hydrogen-bond acceptors (Lipinski definition) is 6. The molecule has 0 aliphatic carbocycles. The molecule has 1 aliphatic heterocycles. The molecule has 1 heterocycles. The summed E-state index contributed by atoms with van der Waals surface area (Å²) in [6.07, 6.45) is 2.41. The number of esters is 1. The second kappa shape index (κ2) is 12.2. The highest BCUT2D eigenvalue weighted by atomic mass is 16.5. The van der Waals surface area contributed by atoms with Crippen molar-refractivity contribution in [3.63, 3.8) is 0 Å². The first-order valence-electron chi connectivity index (χ1n) is 12.7. The molecule has 0 saturated carbocycles. The third-order valence-electron chi connectivity index (χ3n) is 6.55. The van der Waals surface area contributed by atoms with Crippen molar-refractivity contribution in [1.82, 2.24) is 4.90 Å². The van der Waals surface area contributed by atoms with Gasteiger partial charge >= 0.3 is 5.97 Å². The van der Waals surface area contributed by atoms with E-state index < -0.39 is 23.7 Å². The molecular formula is C31H31NO6. The van der Waals surface area contributed by atoms with Gasteiger partial charge in [-0.1, -0.05) is 67.9 Å². The van der Waals surface area contributed by atoms with E-state index in [0.29, 0.717) is 35.5 Å². The van der Waals surface area contributed by atoms with Crippen LogP contribution in [-0.4, -0.2) is 47.9 Å². The van der Waals surface area contributed by atoms with Crippen molar-refractivity contribution in [2.24, 2.45) is 0 Å². The first kappa shape index (κ1) is 26.7. The average molecular weight is 514 g/mol. The van der Waals surface area contributed by atoms with Gasteiger partial charge in [0.15, 0.2) is 0 Å². The zero-order valence-corrected chi connectivity index (χ0v) is 21.6. The summed E-state index contributed by atoms with van der Waals surface area (Å²) in [6.45, 7) is 2.88. The van der Waals surface area contributed by atoms with Crippen molar-refractivity contribution >= 4 is 23.4 Å². The third-order valence-corrected chi connectivity index (χ3v) is 6.55. The van der Waals surface area contributed by atoms with Crippen LogP contribution in [0, 0.1) is 0 Å². The Labute approximate surface area is 222 Å². The summed E-state index contributed by atoms with van der Waals surface area (Å²) in [6, 6.07) is 22.2. The second-order valence-electron chi connectivity index (χ2n) is 9.07. The number of ether oxygens (including phenoxy) is 2. The number of aliphatic hydroxyl groups excluding tert-OH is 1. The number of aliphatic hydroxyl groups is 1. The minimum absolute atomic E-state index is 0.000382. The van der Waals surface area contributed by atoms with Gasteiger partial charge in [0.1, 0.15) is 11.5 Å². The molecule has 1 amide bonds. The Morgan fingerprint density at radius 2 is 1.68 bits per heavy atom. The predicted octanol–water partition coefficient (Wildman–Crippen LogP) is 5.32. The van der Waals surface area contributed by atoms with Crippen LogP contribution in [0.25, 0.3) is 5.76 Å². The summed E-state index contributed by atoms with van der Waals surface area (Å²) < 4.78 is 10.6. The Hall–Kier alpha value is -4.39. The maximum Gasteiger partial charge on any atom is 0.337 e. The van der Waals surface area contributed by atoms with E-state index in [4.69, 9.17) is 9.47 Å². The van der Waals surface area contributed by atoms with Crippen LogP contribution in [0.5, 0.6) is 5.75 Å². The van der Waals surface area contributed by atoms with Crippen LogP contribution in [0.3, 0.4) is 0 Å². The molecule has 1 fully saturated rings. The maximum atomic E-state index is 13.3. The van der Waals surface area contributed by atoms with Crippen molar-refractivity contribution in [1.29, 1.82) is 0 Å². The fourth-order valence-corrected chi connectivity index (χ4v) is 4.49. The van der Waals surface area contributed by atoms with E-state index in [0.717, 1.165) is 18.4 Å². The van der Waals surface area contributed by atoms with Gasteiger partial charge in [-0.2, -0.15) is 0 Å². The molecule has 1 unspecified atom stereocenters. The number of benzene rings is 3. The van der Waals surface area contributed by atoms with Gasteiger partial charge in [-0.3, -0.25) is 9.59 Å². The second-order valence-corrected chi connectivity index (χ2v) is 9.07. The molecule has 3 aromatic rings. The minimum Gasteiger partial charge on any atom is -0.507 e. The van der Waals surface area contributed by atoms with Crippen molar-refractivity contribution < 1.29 is 29.0 Å². The number of carbonyl (C=O) groups excluding carboxylic acids is 3. The smallest absolute Gasteiger partial charge is 0.337 e. The quantitative estimate of drug-likeness (QED) is 0.130. The molecule has 38 heavy (non-hydrogen) atoms. The normalized spacial score (nSPS) is 16.5. The van der Waals surface area contributed by atoms with Crippen LogP contribution in [-0.2, 0) is 20.7 Å². The first-order chi connectivity index (χ1) is 18.4. The average Bonchev–Trinajstić information content (AvgIpc) is 3.21. The molecule has 0 radical (unpaired) electrons. The molecule has 1 atom stereocenters. The van der Waals surface area contributed by atoms with Crippen molar-refractivity contribution in [3.05, 3.63) is 107 Å². The lowest BCUT2D eigenvalue weighted by Crippen LogP contribution is -2.31. The number of unbranched alkanes of at least 4 members (excludes halogenated alkanes) is 1. The molecule has 3 aromatic carbocycles. The van der Waals surface area contributed by atoms with Gasteiger partial charge in [-0.25, -0.2) is 4.79 Å². The Morgan fingerprint density at radius 3 is 2.37 bits per heavy atom. The molecule has 7 heteroatoms. The maximum absolute atomic E-state index is 13.3. The van der Waals surface area contributed by atoms with Crippen molar-refractivity contribution in [3.8, 4) is 5.75 Å². The van der Waals surface area contributed by atoms with Crippen molar-refractivity contribution in [2.75, 3.05) is 20.3 Å². The summed E-state index contributed by atoms with van der Waals surface area (Å²) in [4.78, 5) is 40.0. The molecule has 1 saturated heterocycles. The summed E-state index contributed by atoms with van der Waals surface area (Å²) in [5, 5.41) is 11.4. The highest BCUT2D eigenvalue weighted by molar-refractivity contribution is 6.46. The largest absolute Gasteiger partial charge is 0.507 e. The number of methoxy groups -OCH3 is 1. The molecular weight excluding hydrogens is 482 g/mol. The number of rotatable bonds is 10. The standard InChI is InChI=1S/C31H31NO6/c1-3-4-19-38-25-12-8-11-24(20-25)28(33)26-27(22-13-15-23(16-14-22)31(36)37-2)32(30(35)29(26)34)18-17-21-9-6-5-7-10-21/h5-16,20,27,33H,3-4,17-19H2,1-2H3. The lowest BCUT2D eigenvalue weighted by atomic mass is 9.94. The third kappa shape index (κ3) is 5.78. The highest BCUT2D eigenvalue weighted by Gasteiger charge is 2.45. The summed E-state index contributed by atoms with van der Waals surface area (Å²) in [7, 11) is 1.30. The molecule has 0 bridgehead atoms. The molecule has 196 valence electrons. The Balaban J connectivity index is 1.74. The molecule has 1 aliphatic rings. The van der Waals surface area contributed by atoms with Gasteiger partial charge in [0.2, 0.25) is 0 Å². The number of carbonyl (C=O) groups is 3. The van der Waals surface area contributed by atoms with Gasteiger partial charge in [0.05, 0.1) is 30.9 Å². The molecule has 0 aromatic heterocycles. The van der Waals surface area contributed by atoms with E-state index in [2.05, 4.69) is 6.92 Å². The van der Waals surface area contributed by atoms with E-state index >= 15 is 0 Å². The van der Waals surface area contributed by atoms with Crippen LogP contribution >= 0.6 is 0 Å². The zero-order valence-electron chi connectivity index (χ0n) is 21.6. The Morgan fingerprint density at radius 1 is 0.947 bits per heavy atom. The van der Waals surface area contributed by atoms with Crippen LogP contribution < -0.4 is 4.74 Å². The Bertz CT molecular complexity index is 1330. The number of hydrogen-bond donors (Lipinski definition) is 1. The lowest BCUT2D eigenvalue weighted by molar-refractivity contribution is -0.139. The van der Waals surface area contributed by atoms with Crippen molar-refractivity contribution in [2.45, 2.75) is 32.2 Å². The fourth-order valence-electron chi connectivity index (χ4n) is 4.49. The number of amides is 1. The number of likely N-dealkylation sites (tertiary alicyclic amines) is 1. The minimum atomic E-state index is -0.824. The van der Waals surface area contributed by atoms with E-state index in [1.165, 1.54) is 12.0 Å². The van der Waals surface area contributed by atoms with E-state index in [9.17, 15) is 19.5 Å². The highest BCUT2D eigenvalue weighted by Crippen LogP contribution is 2.40. The Kier molecular flexibility index (Phi) is 8.58. The van der Waals surface area contributed by atoms with E-state index in [1.54, 1.807) is 48.5 Å². The molecule has 1 N–H and O–H groups in total. The van der Waals surface area contributed by atoms with Crippen LogP contribution in [0.4, 0.5) is 0 Å². The monoisotopic (exact) mass is 513 g/mol. The topological polar surface area (TPSA) is 93.1 Å². The van der Waals surface area contributed by atoms with E-state index in [1.807, 2.05) is 30.3 Å². The molecule has 0 spiro atoms. The van der Waals surface area contributed by atoms with Gasteiger partial charge in [-0.05, 0) is 48.2 Å².